The molecule has 4 aromatic rings. The molecule has 4 aliphatic carbocycles. The molecule has 12 rings (SSSR count). The minimum atomic E-state index is -6.14. The lowest BCUT2D eigenvalue weighted by atomic mass is 9.32. The summed E-state index contributed by atoms with van der Waals surface area (Å²) in [4.78, 5) is 60.7. The van der Waals surface area contributed by atoms with Gasteiger partial charge in [0.25, 0.3) is 31.7 Å². The van der Waals surface area contributed by atoms with Gasteiger partial charge in [0.05, 0.1) is 10.6 Å². The maximum atomic E-state index is 14.5. The number of unbranched alkanes of at least 4 members (excludes halogenated alkanes) is 2. The molecule has 3 saturated heterocycles. The molecular weight excluding hydrogens is 1210 g/mol. The number of carbonyl (C=O) groups excluding carboxylic acids is 4. The molecule has 8 aliphatic rings. The number of hydrogen-bond acceptors (Lipinski definition) is 14. The van der Waals surface area contributed by atoms with Gasteiger partial charge in [0.15, 0.2) is 0 Å². The number of sulfone groups is 1. The van der Waals surface area contributed by atoms with Crippen LogP contribution in [0.5, 0.6) is 0 Å². The molecule has 89 heavy (non-hydrogen) atoms. The predicted molar refractivity (Wildman–Crippen MR) is 331 cm³/mol. The SMILES string of the molecule is CC1(C)CCC(CN2CCN(c3ccc(C(=O)NS(=O)(=O)c4ccc(NC(CCN5CCN(CCCCCc6cccc7c6CN(C6CCC(=O)NC6=O)C7=O)CC5)CSc5ccccc5)c(S(=O)(=O)C(F)(F)F)c4)cc3)CC2)=C(C23CC(C(F)F)(C2)C3)C1. The first-order chi connectivity index (χ1) is 42.3. The lowest BCUT2D eigenvalue weighted by molar-refractivity contribution is -0.250. The molecule has 2 bridgehead atoms. The Morgan fingerprint density at radius 2 is 1.47 bits per heavy atom. The van der Waals surface area contributed by atoms with E-state index >= 15 is 0 Å². The number of alkyl halides is 5. The number of aryl methyl sites for hydroxylation is 1. The predicted octanol–water partition coefficient (Wildman–Crippen LogP) is 9.92. The van der Waals surface area contributed by atoms with Crippen LogP contribution in [0.25, 0.3) is 0 Å². The number of hydrogen-bond donors (Lipinski definition) is 3. The Balaban J connectivity index is 0.675. The van der Waals surface area contributed by atoms with Gasteiger partial charge < -0.3 is 24.9 Å². The van der Waals surface area contributed by atoms with Crippen molar-refractivity contribution >= 4 is 66.6 Å². The number of benzene rings is 4. The molecule has 2 unspecified atom stereocenters. The average Bonchev–Trinajstić information content (AvgIpc) is 0.869. The van der Waals surface area contributed by atoms with Crippen molar-refractivity contribution in [3.05, 3.63) is 124 Å². The van der Waals surface area contributed by atoms with E-state index in [1.165, 1.54) is 35.0 Å². The molecule has 4 aromatic carbocycles. The number of amides is 4. The van der Waals surface area contributed by atoms with Crippen LogP contribution in [0, 0.1) is 16.2 Å². The number of fused-ring (bicyclic) bond motifs is 1. The Hall–Kier alpha value is -5.92. The van der Waals surface area contributed by atoms with Crippen LogP contribution in [0.1, 0.15) is 123 Å². The van der Waals surface area contributed by atoms with Crippen LogP contribution in [0.2, 0.25) is 0 Å². The summed E-state index contributed by atoms with van der Waals surface area (Å²) in [7, 11) is -11.1. The molecule has 480 valence electrons. The zero-order valence-electron chi connectivity index (χ0n) is 50.4. The van der Waals surface area contributed by atoms with Gasteiger partial charge in [0.1, 0.15) is 10.9 Å². The maximum Gasteiger partial charge on any atom is 0.501 e. The Morgan fingerprint density at radius 1 is 0.787 bits per heavy atom. The van der Waals surface area contributed by atoms with Gasteiger partial charge in [-0.25, -0.2) is 30.3 Å². The Morgan fingerprint density at radius 3 is 2.15 bits per heavy atom. The summed E-state index contributed by atoms with van der Waals surface area (Å²) in [6.07, 6.45) is 7.00. The molecule has 16 nitrogen and oxygen atoms in total. The molecule has 4 heterocycles. The lowest BCUT2D eigenvalue weighted by Gasteiger charge is -2.72. The molecule has 0 radical (unpaired) electrons. The number of allylic oxidation sites excluding steroid dienone is 1. The van der Waals surface area contributed by atoms with E-state index in [1.54, 1.807) is 23.1 Å². The number of rotatable bonds is 24. The topological polar surface area (TPSA) is 189 Å². The zero-order valence-corrected chi connectivity index (χ0v) is 52.8. The highest BCUT2D eigenvalue weighted by atomic mass is 32.2. The van der Waals surface area contributed by atoms with E-state index in [4.69, 9.17) is 0 Å². The van der Waals surface area contributed by atoms with Crippen LogP contribution in [0.4, 0.5) is 33.3 Å². The van der Waals surface area contributed by atoms with E-state index in [0.29, 0.717) is 75.7 Å². The van der Waals surface area contributed by atoms with Crippen LogP contribution in [-0.2, 0) is 42.4 Å². The average molecular weight is 1290 g/mol. The highest BCUT2D eigenvalue weighted by molar-refractivity contribution is 7.99. The first kappa shape index (κ1) is 64.6. The van der Waals surface area contributed by atoms with Gasteiger partial charge in [-0.15, -0.1) is 11.8 Å². The molecule has 4 amide bonds. The van der Waals surface area contributed by atoms with Crippen molar-refractivity contribution in [1.29, 1.82) is 0 Å². The second kappa shape index (κ2) is 26.0. The lowest BCUT2D eigenvalue weighted by Crippen LogP contribution is -2.66. The Bertz CT molecular complexity index is 3560. The van der Waals surface area contributed by atoms with Gasteiger partial charge in [0, 0.05) is 117 Å². The summed E-state index contributed by atoms with van der Waals surface area (Å²) >= 11 is 1.44. The fraction of sp³-hybridized carbons (Fsp3) is 0.538. The standard InChI is InChI=1S/C65H79F5N8O8S3/c1-62(2)25-23-46(53(37-62)63-41-64(42-63,43-63)61(66)67)38-76-32-34-77(35-33-76)48-17-15-45(16-18-48)58(80)73-89(85,86)50-19-20-54(56(36-50)88(83,84)65(68,69)70)71-47(40-87-49-12-6-3-7-13-49)24-27-75-30-28-74(29-31-75)26-8-4-5-10-44-11-9-14-51-52(44)39-78(60(51)82)55-21-22-57(79)72-59(55)81/h3,6-7,9,11-20,36,47,55,61,71H,4-5,8,10,21-35,37-43H2,1-2H3,(H,73,80)(H,72,79,81). The van der Waals surface area contributed by atoms with E-state index in [-0.39, 0.29) is 34.6 Å². The number of sulfonamides is 1. The summed E-state index contributed by atoms with van der Waals surface area (Å²) in [6.45, 7) is 13.0. The Kier molecular flexibility index (Phi) is 18.9. The molecule has 3 N–H and O–H groups in total. The number of piperazine rings is 2. The molecular formula is C65H79F5N8O8S3. The van der Waals surface area contributed by atoms with Crippen LogP contribution in [0.3, 0.4) is 0 Å². The van der Waals surface area contributed by atoms with Crippen molar-refractivity contribution in [3.8, 4) is 0 Å². The van der Waals surface area contributed by atoms with Gasteiger partial charge in [-0.05, 0) is 160 Å². The van der Waals surface area contributed by atoms with Crippen molar-refractivity contribution < 1.29 is 58.0 Å². The number of piperidine rings is 1. The summed E-state index contributed by atoms with van der Waals surface area (Å²) < 4.78 is 127. The minimum absolute atomic E-state index is 0.0392. The van der Waals surface area contributed by atoms with Gasteiger partial charge in [-0.2, -0.15) is 13.2 Å². The Labute approximate surface area is 522 Å². The number of anilines is 2. The number of nitrogens with one attached hydrogen (secondary N) is 3. The molecule has 0 aromatic heterocycles. The number of nitrogens with zero attached hydrogens (tertiary/aromatic N) is 5. The normalized spacial score (nSPS) is 23.9. The second-order valence-electron chi connectivity index (χ2n) is 26.3. The number of thioether (sulfide) groups is 1. The van der Waals surface area contributed by atoms with Gasteiger partial charge in [-0.3, -0.25) is 29.4 Å². The fourth-order valence-electron chi connectivity index (χ4n) is 14.5. The van der Waals surface area contributed by atoms with Crippen molar-refractivity contribution in [1.82, 2.24) is 29.6 Å². The first-order valence-electron chi connectivity index (χ1n) is 31.1. The summed E-state index contributed by atoms with van der Waals surface area (Å²) in [5.74, 6) is -1.68. The second-order valence-corrected chi connectivity index (χ2v) is 31.0. The third-order valence-electron chi connectivity index (χ3n) is 19.6. The van der Waals surface area contributed by atoms with Gasteiger partial charge >= 0.3 is 5.51 Å². The molecule has 24 heteroatoms. The summed E-state index contributed by atoms with van der Waals surface area (Å²) in [5.41, 5.74) is -0.724. The minimum Gasteiger partial charge on any atom is -0.380 e. The quantitative estimate of drug-likeness (QED) is 0.0198. The summed E-state index contributed by atoms with van der Waals surface area (Å²) in [5, 5.41) is 5.41. The maximum absolute atomic E-state index is 14.5. The number of halogens is 5. The van der Waals surface area contributed by atoms with Crippen LogP contribution < -0.4 is 20.3 Å². The third kappa shape index (κ3) is 14.1. The molecule has 3 saturated carbocycles. The molecule has 0 spiro atoms. The third-order valence-corrected chi connectivity index (χ3v) is 23.7. The smallest absolute Gasteiger partial charge is 0.380 e. The number of carbonyl (C=O) groups is 4. The van der Waals surface area contributed by atoms with Crippen LogP contribution in [-0.4, -0.2) is 162 Å². The van der Waals surface area contributed by atoms with Gasteiger partial charge in [-0.1, -0.05) is 61.7 Å². The molecule has 2 atom stereocenters. The van der Waals surface area contributed by atoms with Crippen LogP contribution >= 0.6 is 11.8 Å². The van der Waals surface area contributed by atoms with Crippen molar-refractivity contribution in [3.63, 3.8) is 0 Å². The van der Waals surface area contributed by atoms with E-state index in [9.17, 15) is 58.0 Å². The highest BCUT2D eigenvalue weighted by Gasteiger charge is 2.73. The summed E-state index contributed by atoms with van der Waals surface area (Å²) in [6, 6.07) is 22.5. The van der Waals surface area contributed by atoms with E-state index in [2.05, 4.69) is 44.1 Å². The monoisotopic (exact) mass is 1290 g/mol. The van der Waals surface area contributed by atoms with E-state index in [0.717, 1.165) is 131 Å². The molecule has 6 fully saturated rings. The number of imide groups is 1. The molecule has 4 aliphatic heterocycles. The van der Waals surface area contributed by atoms with Crippen LogP contribution in [0.15, 0.2) is 117 Å². The van der Waals surface area contributed by atoms with Crippen molar-refractivity contribution in [2.75, 3.05) is 88.0 Å². The highest BCUT2D eigenvalue weighted by Crippen LogP contribution is 2.79. The zero-order chi connectivity index (χ0) is 63.1. The van der Waals surface area contributed by atoms with E-state index in [1.807, 2.05) is 47.2 Å². The van der Waals surface area contributed by atoms with E-state index < -0.39 is 76.6 Å². The largest absolute Gasteiger partial charge is 0.501 e. The first-order valence-corrected chi connectivity index (χ1v) is 35.0. The fourth-order valence-corrected chi connectivity index (χ4v) is 17.6. The van der Waals surface area contributed by atoms with Crippen molar-refractivity contribution in [2.24, 2.45) is 16.2 Å². The van der Waals surface area contributed by atoms with Crippen molar-refractivity contribution in [2.45, 2.75) is 143 Å². The van der Waals surface area contributed by atoms with Gasteiger partial charge in [0.2, 0.25) is 18.2 Å².